The Kier molecular flexibility index (Phi) is 5.49. The van der Waals surface area contributed by atoms with Gasteiger partial charge in [-0.05, 0) is 35.5 Å². The van der Waals surface area contributed by atoms with Gasteiger partial charge in [-0.2, -0.15) is 0 Å². The van der Waals surface area contributed by atoms with Crippen molar-refractivity contribution in [3.63, 3.8) is 0 Å². The van der Waals surface area contributed by atoms with Crippen LogP contribution in [0.15, 0.2) is 63.0 Å². The van der Waals surface area contributed by atoms with Gasteiger partial charge in [-0.25, -0.2) is 27.2 Å². The molecular weight excluding hydrogens is 397 g/mol. The average molecular weight is 410 g/mol. The molecular formula is C16H13ClFN5O3S. The summed E-state index contributed by atoms with van der Waals surface area (Å²) >= 11 is 5.70. The number of aromatic nitrogens is 2. The maximum absolute atomic E-state index is 13.2. The second kappa shape index (κ2) is 7.82. The molecule has 11 heteroatoms. The Morgan fingerprint density at radius 1 is 1.22 bits per heavy atom. The normalized spacial score (nSPS) is 12.3. The standard InChI is InChI=1S/C16H13ClFN5O3S/c17-12-8-10(6-7-13(12)18)21-16(19)15-14(22-26-23-15)9-20-27(24,25)11-4-2-1-3-5-11/h1-8,20H,9H2,(H2,19,21). The molecule has 0 saturated carbocycles. The smallest absolute Gasteiger partial charge is 0.240 e. The van der Waals surface area contributed by atoms with Crippen molar-refractivity contribution in [1.29, 1.82) is 0 Å². The van der Waals surface area contributed by atoms with Crippen LogP contribution < -0.4 is 10.5 Å². The van der Waals surface area contributed by atoms with Crippen LogP contribution in [0.2, 0.25) is 5.02 Å². The number of hydrogen-bond acceptors (Lipinski definition) is 6. The number of aliphatic imine (C=N–C) groups is 1. The summed E-state index contributed by atoms with van der Waals surface area (Å²) in [6.07, 6.45) is 0. The molecule has 8 nitrogen and oxygen atoms in total. The van der Waals surface area contributed by atoms with Crippen LogP contribution in [-0.2, 0) is 16.6 Å². The number of nitrogens with two attached hydrogens (primary N) is 1. The molecule has 0 aliphatic heterocycles. The topological polar surface area (TPSA) is 123 Å². The van der Waals surface area contributed by atoms with Crippen molar-refractivity contribution in [3.05, 3.63) is 70.8 Å². The van der Waals surface area contributed by atoms with E-state index in [9.17, 15) is 12.8 Å². The van der Waals surface area contributed by atoms with Gasteiger partial charge in [0.05, 0.1) is 22.2 Å². The number of hydrogen-bond donors (Lipinski definition) is 2. The third-order valence-electron chi connectivity index (χ3n) is 3.43. The van der Waals surface area contributed by atoms with Crippen molar-refractivity contribution >= 4 is 33.1 Å². The van der Waals surface area contributed by atoms with Crippen molar-refractivity contribution in [2.24, 2.45) is 10.7 Å². The minimum Gasteiger partial charge on any atom is -0.382 e. The van der Waals surface area contributed by atoms with Gasteiger partial charge in [-0.3, -0.25) is 0 Å². The van der Waals surface area contributed by atoms with E-state index in [4.69, 9.17) is 17.3 Å². The molecule has 0 aliphatic carbocycles. The molecule has 3 aromatic rings. The number of sulfonamides is 1. The fourth-order valence-electron chi connectivity index (χ4n) is 2.11. The quantitative estimate of drug-likeness (QED) is 0.476. The van der Waals surface area contributed by atoms with E-state index in [1.807, 2.05) is 0 Å². The third-order valence-corrected chi connectivity index (χ3v) is 5.14. The predicted octanol–water partition coefficient (Wildman–Crippen LogP) is 2.38. The second-order valence-corrected chi connectivity index (χ2v) is 7.47. The molecule has 0 atom stereocenters. The highest BCUT2D eigenvalue weighted by molar-refractivity contribution is 7.89. The van der Waals surface area contributed by atoms with Crippen LogP contribution in [0.3, 0.4) is 0 Å². The van der Waals surface area contributed by atoms with Crippen LogP contribution in [0.25, 0.3) is 0 Å². The zero-order valence-corrected chi connectivity index (χ0v) is 15.2. The highest BCUT2D eigenvalue weighted by atomic mass is 35.5. The highest BCUT2D eigenvalue weighted by Gasteiger charge is 2.19. The molecule has 27 heavy (non-hydrogen) atoms. The molecule has 0 spiro atoms. The Morgan fingerprint density at radius 3 is 2.67 bits per heavy atom. The van der Waals surface area contributed by atoms with E-state index in [2.05, 4.69) is 24.7 Å². The maximum Gasteiger partial charge on any atom is 0.240 e. The van der Waals surface area contributed by atoms with Gasteiger partial charge in [0.2, 0.25) is 10.0 Å². The van der Waals surface area contributed by atoms with E-state index < -0.39 is 15.8 Å². The molecule has 3 N–H and O–H groups in total. The first-order valence-electron chi connectivity index (χ1n) is 7.52. The fourth-order valence-corrected chi connectivity index (χ4v) is 3.29. The van der Waals surface area contributed by atoms with E-state index in [-0.39, 0.29) is 39.4 Å². The van der Waals surface area contributed by atoms with Crippen LogP contribution in [0.4, 0.5) is 10.1 Å². The number of amidine groups is 1. The van der Waals surface area contributed by atoms with Gasteiger partial charge in [0, 0.05) is 0 Å². The molecule has 3 rings (SSSR count). The Morgan fingerprint density at radius 2 is 1.96 bits per heavy atom. The lowest BCUT2D eigenvalue weighted by molar-refractivity contribution is 0.302. The lowest BCUT2D eigenvalue weighted by Crippen LogP contribution is -2.25. The summed E-state index contributed by atoms with van der Waals surface area (Å²) in [4.78, 5) is 4.17. The first-order valence-corrected chi connectivity index (χ1v) is 9.38. The molecule has 0 aliphatic rings. The average Bonchev–Trinajstić information content (AvgIpc) is 3.13. The molecule has 0 fully saturated rings. The second-order valence-electron chi connectivity index (χ2n) is 5.29. The Bertz CT molecular complexity index is 1090. The number of halogens is 2. The Hall–Kier alpha value is -2.82. The van der Waals surface area contributed by atoms with E-state index in [1.165, 1.54) is 24.3 Å². The summed E-state index contributed by atoms with van der Waals surface area (Å²) in [5.74, 6) is -0.680. The molecule has 1 heterocycles. The Balaban J connectivity index is 1.79. The van der Waals surface area contributed by atoms with E-state index in [0.29, 0.717) is 0 Å². The van der Waals surface area contributed by atoms with Crippen molar-refractivity contribution in [2.75, 3.05) is 0 Å². The minimum absolute atomic E-state index is 0.0613. The summed E-state index contributed by atoms with van der Waals surface area (Å²) in [5.41, 5.74) is 6.38. The monoisotopic (exact) mass is 409 g/mol. The SMILES string of the molecule is NC(=Nc1ccc(F)c(Cl)c1)c1nonc1CNS(=O)(=O)c1ccccc1. The largest absolute Gasteiger partial charge is 0.382 e. The van der Waals surface area contributed by atoms with Crippen LogP contribution in [0.5, 0.6) is 0 Å². The molecule has 0 saturated heterocycles. The molecule has 140 valence electrons. The van der Waals surface area contributed by atoms with Crippen molar-refractivity contribution < 1.29 is 17.4 Å². The molecule has 2 aromatic carbocycles. The first kappa shape index (κ1) is 19.0. The van der Waals surface area contributed by atoms with Gasteiger partial charge in [0.25, 0.3) is 0 Å². The number of benzene rings is 2. The number of nitrogens with one attached hydrogen (secondary N) is 1. The highest BCUT2D eigenvalue weighted by Crippen LogP contribution is 2.22. The maximum atomic E-state index is 13.2. The summed E-state index contributed by atoms with van der Waals surface area (Å²) in [6.45, 7) is -0.212. The van der Waals surface area contributed by atoms with Crippen molar-refractivity contribution in [1.82, 2.24) is 15.0 Å². The van der Waals surface area contributed by atoms with Gasteiger partial charge in [-0.15, -0.1) is 0 Å². The summed E-state index contributed by atoms with van der Waals surface area (Å²) in [7, 11) is -3.75. The van der Waals surface area contributed by atoms with E-state index in [0.717, 1.165) is 6.07 Å². The van der Waals surface area contributed by atoms with Crippen LogP contribution in [0, 0.1) is 5.82 Å². The zero-order chi connectivity index (χ0) is 19.4. The number of nitrogens with zero attached hydrogens (tertiary/aromatic N) is 3. The molecule has 0 amide bonds. The minimum atomic E-state index is -3.75. The summed E-state index contributed by atoms with van der Waals surface area (Å²) in [6, 6.07) is 11.6. The van der Waals surface area contributed by atoms with Gasteiger partial charge < -0.3 is 5.73 Å². The van der Waals surface area contributed by atoms with Gasteiger partial charge in [0.1, 0.15) is 11.5 Å². The fraction of sp³-hybridized carbons (Fsp3) is 0.0625. The van der Waals surface area contributed by atoms with E-state index in [1.54, 1.807) is 18.2 Å². The van der Waals surface area contributed by atoms with Gasteiger partial charge in [0.15, 0.2) is 11.5 Å². The predicted molar refractivity (Wildman–Crippen MR) is 96.6 cm³/mol. The first-order chi connectivity index (χ1) is 12.9. The molecule has 0 bridgehead atoms. The molecule has 0 radical (unpaired) electrons. The van der Waals surface area contributed by atoms with Crippen molar-refractivity contribution in [2.45, 2.75) is 11.4 Å². The molecule has 1 aromatic heterocycles. The Labute approximate surface area is 158 Å². The zero-order valence-electron chi connectivity index (χ0n) is 13.6. The van der Waals surface area contributed by atoms with Crippen LogP contribution >= 0.6 is 11.6 Å². The third kappa shape index (κ3) is 4.48. The lowest BCUT2D eigenvalue weighted by Gasteiger charge is -2.05. The van der Waals surface area contributed by atoms with Gasteiger partial charge in [-0.1, -0.05) is 35.0 Å². The van der Waals surface area contributed by atoms with E-state index >= 15 is 0 Å². The number of rotatable bonds is 6. The summed E-state index contributed by atoms with van der Waals surface area (Å²) in [5, 5.41) is 7.18. The van der Waals surface area contributed by atoms with Crippen LogP contribution in [0.1, 0.15) is 11.4 Å². The summed E-state index contributed by atoms with van der Waals surface area (Å²) < 4.78 is 44.8. The van der Waals surface area contributed by atoms with Crippen molar-refractivity contribution in [3.8, 4) is 0 Å². The lowest BCUT2D eigenvalue weighted by atomic mass is 10.3. The van der Waals surface area contributed by atoms with Gasteiger partial charge >= 0.3 is 0 Å². The van der Waals surface area contributed by atoms with Crippen LogP contribution in [-0.4, -0.2) is 24.6 Å². The molecule has 0 unspecified atom stereocenters.